The van der Waals surface area contributed by atoms with Crippen molar-refractivity contribution >= 4 is 16.3 Å². The Labute approximate surface area is 167 Å². The van der Waals surface area contributed by atoms with Gasteiger partial charge in [0.15, 0.2) is 12.0 Å². The minimum atomic E-state index is 0.280. The third-order valence-corrected chi connectivity index (χ3v) is 6.53. The van der Waals surface area contributed by atoms with Crippen LogP contribution in [0.2, 0.25) is 0 Å². The van der Waals surface area contributed by atoms with Crippen LogP contribution in [0.1, 0.15) is 44.7 Å². The number of hydrogen-bond acceptors (Lipinski definition) is 3. The molecule has 0 amide bonds. The summed E-state index contributed by atoms with van der Waals surface area (Å²) >= 11 is 0. The maximum atomic E-state index is 2.53. The van der Waals surface area contributed by atoms with Gasteiger partial charge in [0.05, 0.1) is 0 Å². The van der Waals surface area contributed by atoms with E-state index in [-0.39, 0.29) is 5.41 Å². The van der Waals surface area contributed by atoms with Gasteiger partial charge >= 0.3 is 0 Å². The highest BCUT2D eigenvalue weighted by atomic mass is 15.9. The summed E-state index contributed by atoms with van der Waals surface area (Å²) in [5.74, 6) is 2.35. The van der Waals surface area contributed by atoms with E-state index >= 15 is 0 Å². The molecule has 3 heteroatoms. The van der Waals surface area contributed by atoms with Crippen molar-refractivity contribution in [2.45, 2.75) is 46.2 Å². The number of rotatable bonds is 4. The fraction of sp³-hybridized carbons (Fsp3) is 0.440. The van der Waals surface area contributed by atoms with E-state index in [1.54, 1.807) is 0 Å². The summed E-state index contributed by atoms with van der Waals surface area (Å²) in [4.78, 5) is 2.53. The van der Waals surface area contributed by atoms with Gasteiger partial charge < -0.3 is 4.90 Å². The second kappa shape index (κ2) is 5.34. The van der Waals surface area contributed by atoms with Crippen molar-refractivity contribution in [3.8, 4) is 0 Å². The molecule has 0 spiro atoms. The van der Waals surface area contributed by atoms with Gasteiger partial charge in [0.2, 0.25) is 0 Å². The minimum absolute atomic E-state index is 0.280. The van der Waals surface area contributed by atoms with Gasteiger partial charge in [0.25, 0.3) is 0 Å². The first kappa shape index (κ1) is 16.5. The molecule has 0 bridgehead atoms. The number of nitrogens with zero attached hydrogens (tertiary/aromatic N) is 3. The summed E-state index contributed by atoms with van der Waals surface area (Å²) < 4.78 is 0. The van der Waals surface area contributed by atoms with Gasteiger partial charge in [-0.1, -0.05) is 51.1 Å². The molecule has 28 heavy (non-hydrogen) atoms. The average Bonchev–Trinajstić information content (AvgIpc) is 3.49. The van der Waals surface area contributed by atoms with Crippen LogP contribution in [0.4, 0.5) is 0 Å². The monoisotopic (exact) mass is 371 g/mol. The highest BCUT2D eigenvalue weighted by Crippen LogP contribution is 2.57. The molecule has 2 fully saturated rings. The Bertz CT molecular complexity index is 1050. The third kappa shape index (κ3) is 2.48. The number of hydrogen-bond donors (Lipinski definition) is 0. The van der Waals surface area contributed by atoms with Crippen molar-refractivity contribution in [3.63, 3.8) is 0 Å². The standard InChI is InChI=1S/C25H29N3/c1-25(2,3)15-27-14-21(22-23-26(4)28(23)24(22)27)20-10-9-18-12-17(11-16-5-6-16)7-8-19(18)13-20/h7-10,12-14,16,24H,5-6,11,15H2,1-4H3. The molecule has 2 aromatic carbocycles. The zero-order chi connectivity index (χ0) is 19.2. The highest BCUT2D eigenvalue weighted by molar-refractivity contribution is 5.92. The van der Waals surface area contributed by atoms with E-state index in [1.165, 1.54) is 58.1 Å². The lowest BCUT2D eigenvalue weighted by Crippen LogP contribution is -2.43. The van der Waals surface area contributed by atoms with E-state index in [1.807, 2.05) is 0 Å². The summed E-state index contributed by atoms with van der Waals surface area (Å²) in [7, 11) is 2.18. The van der Waals surface area contributed by atoms with Crippen LogP contribution >= 0.6 is 0 Å². The predicted octanol–water partition coefficient (Wildman–Crippen LogP) is 5.21. The molecule has 6 rings (SSSR count). The third-order valence-electron chi connectivity index (χ3n) is 6.53. The lowest BCUT2D eigenvalue weighted by Gasteiger charge is -2.34. The van der Waals surface area contributed by atoms with E-state index in [4.69, 9.17) is 0 Å². The first-order valence-electron chi connectivity index (χ1n) is 10.7. The maximum absolute atomic E-state index is 2.53. The van der Waals surface area contributed by atoms with Gasteiger partial charge in [-0.15, -0.1) is 0 Å². The van der Waals surface area contributed by atoms with Crippen LogP contribution in [0.15, 0.2) is 54.0 Å². The molecule has 1 saturated heterocycles. The molecule has 1 aliphatic carbocycles. The van der Waals surface area contributed by atoms with Crippen LogP contribution < -0.4 is 0 Å². The van der Waals surface area contributed by atoms with Crippen molar-refractivity contribution in [3.05, 3.63) is 65.1 Å². The Hall–Kier alpha value is -2.42. The molecule has 3 heterocycles. The van der Waals surface area contributed by atoms with E-state index in [0.29, 0.717) is 6.17 Å². The molecule has 2 aromatic rings. The Morgan fingerprint density at radius 3 is 2.50 bits per heavy atom. The van der Waals surface area contributed by atoms with Crippen molar-refractivity contribution < 1.29 is 0 Å². The SMILES string of the molecule is CN1C2=C3C(c4ccc5cc(CC6CC6)ccc5c4)=CN(CC(C)(C)C)C3N21. The molecule has 4 aliphatic rings. The molecule has 3 aliphatic heterocycles. The van der Waals surface area contributed by atoms with Crippen molar-refractivity contribution in [1.29, 1.82) is 0 Å². The fourth-order valence-corrected chi connectivity index (χ4v) is 5.01. The van der Waals surface area contributed by atoms with Crippen LogP contribution in [0, 0.1) is 11.3 Å². The van der Waals surface area contributed by atoms with Gasteiger partial charge in [-0.3, -0.25) is 5.01 Å². The molecule has 3 nitrogen and oxygen atoms in total. The quantitative estimate of drug-likeness (QED) is 0.683. The molecule has 1 atom stereocenters. The normalized spacial score (nSPS) is 23.1. The zero-order valence-electron chi connectivity index (χ0n) is 17.4. The molecule has 144 valence electrons. The molecular weight excluding hydrogens is 342 g/mol. The van der Waals surface area contributed by atoms with E-state index in [2.05, 4.69) is 85.3 Å². The topological polar surface area (TPSA) is 9.26 Å². The summed E-state index contributed by atoms with van der Waals surface area (Å²) in [5, 5.41) is 7.44. The van der Waals surface area contributed by atoms with Crippen LogP contribution in [0.3, 0.4) is 0 Å². The first-order chi connectivity index (χ1) is 13.4. The smallest absolute Gasteiger partial charge is 0.153 e. The van der Waals surface area contributed by atoms with Gasteiger partial charge in [0, 0.05) is 30.9 Å². The molecule has 1 saturated carbocycles. The van der Waals surface area contributed by atoms with Crippen molar-refractivity contribution in [2.24, 2.45) is 11.3 Å². The summed E-state index contributed by atoms with van der Waals surface area (Å²) in [6.07, 6.45) is 6.90. The minimum Gasteiger partial charge on any atom is -0.351 e. The van der Waals surface area contributed by atoms with Crippen LogP contribution in [-0.4, -0.2) is 34.7 Å². The van der Waals surface area contributed by atoms with Crippen LogP contribution in [0.25, 0.3) is 16.3 Å². The lowest BCUT2D eigenvalue weighted by atomic mass is 9.93. The summed E-state index contributed by atoms with van der Waals surface area (Å²) in [6, 6.07) is 14.1. The Balaban J connectivity index is 1.36. The van der Waals surface area contributed by atoms with Gasteiger partial charge in [0.1, 0.15) is 0 Å². The largest absolute Gasteiger partial charge is 0.351 e. The lowest BCUT2D eigenvalue weighted by molar-refractivity contribution is 0.120. The van der Waals surface area contributed by atoms with Crippen molar-refractivity contribution in [1.82, 2.24) is 14.9 Å². The highest BCUT2D eigenvalue weighted by Gasteiger charge is 2.60. The molecular formula is C25H29N3. The van der Waals surface area contributed by atoms with Crippen LogP contribution in [-0.2, 0) is 6.42 Å². The molecule has 0 aromatic heterocycles. The summed E-state index contributed by atoms with van der Waals surface area (Å²) in [5.41, 5.74) is 6.05. The number of hydrazine groups is 1. The van der Waals surface area contributed by atoms with Gasteiger partial charge in [-0.2, -0.15) is 0 Å². The van der Waals surface area contributed by atoms with Crippen LogP contribution in [0.5, 0.6) is 0 Å². The summed E-state index contributed by atoms with van der Waals surface area (Å²) in [6.45, 7) is 8.04. The molecule has 1 unspecified atom stereocenters. The van der Waals surface area contributed by atoms with E-state index in [0.717, 1.165) is 12.5 Å². The second-order valence-electron chi connectivity index (χ2n) is 10.3. The Kier molecular flexibility index (Phi) is 3.15. The predicted molar refractivity (Wildman–Crippen MR) is 115 cm³/mol. The Morgan fingerprint density at radius 1 is 1.00 bits per heavy atom. The number of benzene rings is 2. The molecule has 0 radical (unpaired) electrons. The van der Waals surface area contributed by atoms with E-state index < -0.39 is 0 Å². The van der Waals surface area contributed by atoms with Gasteiger partial charge in [-0.05, 0) is 58.6 Å². The Morgan fingerprint density at radius 2 is 1.75 bits per heavy atom. The zero-order valence-corrected chi connectivity index (χ0v) is 17.4. The van der Waals surface area contributed by atoms with Crippen molar-refractivity contribution in [2.75, 3.05) is 13.6 Å². The average molecular weight is 372 g/mol. The fourth-order valence-electron chi connectivity index (χ4n) is 5.01. The van der Waals surface area contributed by atoms with Gasteiger partial charge in [-0.25, -0.2) is 5.01 Å². The second-order valence-corrected chi connectivity index (χ2v) is 10.3. The first-order valence-corrected chi connectivity index (χ1v) is 10.7. The number of fused-ring (bicyclic) bond motifs is 4. The van der Waals surface area contributed by atoms with E-state index in [9.17, 15) is 0 Å². The maximum Gasteiger partial charge on any atom is 0.153 e. The molecule has 0 N–H and O–H groups in total.